The lowest BCUT2D eigenvalue weighted by Gasteiger charge is -2.33. The molecule has 0 unspecified atom stereocenters. The van der Waals surface area contributed by atoms with Gasteiger partial charge in [0.15, 0.2) is 0 Å². The second-order valence-corrected chi connectivity index (χ2v) is 10.4. The summed E-state index contributed by atoms with van der Waals surface area (Å²) in [6.45, 7) is 1.41. The first kappa shape index (κ1) is 28.7. The number of methoxy groups -OCH3 is 1. The lowest BCUT2D eigenvalue weighted by atomic mass is 9.83. The van der Waals surface area contributed by atoms with E-state index in [-0.39, 0.29) is 18.0 Å². The number of carbonyl (C=O) groups is 3. The Bertz CT molecular complexity index is 939. The smallest absolute Gasteiger partial charge is 0.406 e. The number of amides is 4. The molecule has 2 atom stereocenters. The third-order valence-electron chi connectivity index (χ3n) is 7.67. The first-order valence-electron chi connectivity index (χ1n) is 13.4. The van der Waals surface area contributed by atoms with Gasteiger partial charge >= 0.3 is 12.1 Å². The lowest BCUT2D eigenvalue weighted by Crippen LogP contribution is -2.49. The van der Waals surface area contributed by atoms with Gasteiger partial charge < -0.3 is 30.9 Å². The standard InChI is InChI=1S/C27H42FN5O4/c1-29-18-21(16-19-8-5-4-6-9-19)31-25(35)33(2)15-13-27(12-7-14-30-26(36)37-3)23-17-20(28)10-11-22(23)24(34)32-27/h10-11,17,19,21,29H,4-9,12-16,18H2,1-3H3,(H,30,36)(H,31,35)(H,32,34)/t21-,27+/m0/s1. The molecule has 10 heteroatoms. The quantitative estimate of drug-likeness (QED) is 0.316. The Labute approximate surface area is 219 Å². The van der Waals surface area contributed by atoms with Gasteiger partial charge in [0, 0.05) is 38.3 Å². The van der Waals surface area contributed by atoms with E-state index in [0.29, 0.717) is 55.9 Å². The molecule has 0 bridgehead atoms. The van der Waals surface area contributed by atoms with E-state index >= 15 is 0 Å². The Kier molecular flexibility index (Phi) is 10.5. The van der Waals surface area contributed by atoms with E-state index in [4.69, 9.17) is 0 Å². The van der Waals surface area contributed by atoms with Gasteiger partial charge in [-0.1, -0.05) is 32.1 Å². The van der Waals surface area contributed by atoms with Crippen molar-refractivity contribution in [2.24, 2.45) is 5.92 Å². The number of fused-ring (bicyclic) bond motifs is 1. The summed E-state index contributed by atoms with van der Waals surface area (Å²) in [6.07, 6.45) is 8.10. The summed E-state index contributed by atoms with van der Waals surface area (Å²) in [5.41, 5.74) is 0.193. The van der Waals surface area contributed by atoms with Crippen LogP contribution in [-0.4, -0.2) is 69.8 Å². The van der Waals surface area contributed by atoms with Crippen molar-refractivity contribution in [3.05, 3.63) is 35.1 Å². The van der Waals surface area contributed by atoms with Crippen LogP contribution in [0.3, 0.4) is 0 Å². The number of rotatable bonds is 12. The van der Waals surface area contributed by atoms with Crippen molar-refractivity contribution in [2.75, 3.05) is 40.8 Å². The summed E-state index contributed by atoms with van der Waals surface area (Å²) in [6, 6.07) is 4.05. The largest absolute Gasteiger partial charge is 0.453 e. The van der Waals surface area contributed by atoms with Gasteiger partial charge in [0.1, 0.15) is 5.82 Å². The molecule has 1 aliphatic heterocycles. The number of nitrogens with one attached hydrogen (secondary N) is 4. The number of hydrogen-bond donors (Lipinski definition) is 4. The van der Waals surface area contributed by atoms with E-state index in [0.717, 1.165) is 6.42 Å². The minimum Gasteiger partial charge on any atom is -0.453 e. The fourth-order valence-electron chi connectivity index (χ4n) is 5.64. The number of halogens is 1. The highest BCUT2D eigenvalue weighted by Crippen LogP contribution is 2.38. The number of benzene rings is 1. The third kappa shape index (κ3) is 7.80. The van der Waals surface area contributed by atoms with E-state index in [1.165, 1.54) is 57.4 Å². The summed E-state index contributed by atoms with van der Waals surface area (Å²) < 4.78 is 18.8. The molecule has 1 aliphatic carbocycles. The summed E-state index contributed by atoms with van der Waals surface area (Å²) in [5, 5.41) is 12.1. The summed E-state index contributed by atoms with van der Waals surface area (Å²) in [4.78, 5) is 38.9. The van der Waals surface area contributed by atoms with Gasteiger partial charge in [0.25, 0.3) is 5.91 Å². The molecular weight excluding hydrogens is 477 g/mol. The van der Waals surface area contributed by atoms with Crippen LogP contribution < -0.4 is 21.3 Å². The van der Waals surface area contributed by atoms with Crippen LogP contribution in [-0.2, 0) is 10.3 Å². The molecule has 37 heavy (non-hydrogen) atoms. The molecule has 206 valence electrons. The van der Waals surface area contributed by atoms with Crippen LogP contribution in [0.1, 0.15) is 73.7 Å². The van der Waals surface area contributed by atoms with Crippen LogP contribution in [0, 0.1) is 11.7 Å². The maximum atomic E-state index is 14.2. The maximum Gasteiger partial charge on any atom is 0.406 e. The zero-order valence-corrected chi connectivity index (χ0v) is 22.3. The zero-order valence-electron chi connectivity index (χ0n) is 22.3. The molecule has 0 aromatic heterocycles. The molecule has 1 aromatic carbocycles. The van der Waals surface area contributed by atoms with E-state index < -0.39 is 17.4 Å². The molecule has 0 radical (unpaired) electrons. The number of hydrogen-bond acceptors (Lipinski definition) is 5. The van der Waals surface area contributed by atoms with E-state index in [1.54, 1.807) is 11.9 Å². The van der Waals surface area contributed by atoms with Crippen molar-refractivity contribution in [3.63, 3.8) is 0 Å². The van der Waals surface area contributed by atoms with E-state index in [2.05, 4.69) is 26.0 Å². The third-order valence-corrected chi connectivity index (χ3v) is 7.67. The number of likely N-dealkylation sites (N-methyl/N-ethyl adjacent to an activating group) is 1. The molecule has 9 nitrogen and oxygen atoms in total. The molecule has 3 rings (SSSR count). The molecule has 4 N–H and O–H groups in total. The van der Waals surface area contributed by atoms with Crippen LogP contribution in [0.15, 0.2) is 18.2 Å². The van der Waals surface area contributed by atoms with Crippen LogP contribution in [0.4, 0.5) is 14.0 Å². The molecule has 0 spiro atoms. The zero-order chi connectivity index (χ0) is 26.8. The van der Waals surface area contributed by atoms with Crippen molar-refractivity contribution < 1.29 is 23.5 Å². The fraction of sp³-hybridized carbons (Fsp3) is 0.667. The Morgan fingerprint density at radius 2 is 2.00 bits per heavy atom. The number of alkyl carbamates (subject to hydrolysis) is 1. The minimum atomic E-state index is -0.840. The van der Waals surface area contributed by atoms with Gasteiger partial charge in [0.05, 0.1) is 12.6 Å². The highest BCUT2D eigenvalue weighted by Gasteiger charge is 2.42. The second-order valence-electron chi connectivity index (χ2n) is 10.4. The number of urea groups is 1. The number of nitrogens with zero attached hydrogens (tertiary/aromatic N) is 1. The molecule has 1 heterocycles. The van der Waals surface area contributed by atoms with Crippen molar-refractivity contribution in [1.29, 1.82) is 0 Å². The van der Waals surface area contributed by atoms with Crippen LogP contribution in [0.2, 0.25) is 0 Å². The van der Waals surface area contributed by atoms with Gasteiger partial charge in [-0.05, 0) is 62.4 Å². The number of carbonyl (C=O) groups excluding carboxylic acids is 3. The molecule has 1 aromatic rings. The van der Waals surface area contributed by atoms with Crippen LogP contribution in [0.25, 0.3) is 0 Å². The fourth-order valence-corrected chi connectivity index (χ4v) is 5.64. The van der Waals surface area contributed by atoms with Gasteiger partial charge in [0.2, 0.25) is 0 Å². The average Bonchev–Trinajstić information content (AvgIpc) is 3.16. The normalized spacial score (nSPS) is 20.1. The molecule has 1 saturated carbocycles. The van der Waals surface area contributed by atoms with Gasteiger partial charge in [-0.15, -0.1) is 0 Å². The van der Waals surface area contributed by atoms with Crippen molar-refractivity contribution in [1.82, 2.24) is 26.2 Å². The topological polar surface area (TPSA) is 112 Å². The number of ether oxygens (including phenoxy) is 1. The van der Waals surface area contributed by atoms with E-state index in [1.807, 2.05) is 7.05 Å². The van der Waals surface area contributed by atoms with Crippen molar-refractivity contribution in [3.8, 4) is 0 Å². The van der Waals surface area contributed by atoms with Gasteiger partial charge in [-0.2, -0.15) is 0 Å². The highest BCUT2D eigenvalue weighted by atomic mass is 19.1. The maximum absolute atomic E-state index is 14.2. The average molecular weight is 520 g/mol. The first-order valence-corrected chi connectivity index (χ1v) is 13.4. The predicted molar refractivity (Wildman–Crippen MR) is 140 cm³/mol. The summed E-state index contributed by atoms with van der Waals surface area (Å²) in [7, 11) is 4.92. The van der Waals surface area contributed by atoms with Crippen LogP contribution in [0.5, 0.6) is 0 Å². The summed E-state index contributed by atoms with van der Waals surface area (Å²) >= 11 is 0. The monoisotopic (exact) mass is 519 g/mol. The predicted octanol–water partition coefficient (Wildman–Crippen LogP) is 3.49. The molecule has 2 aliphatic rings. The van der Waals surface area contributed by atoms with Crippen LogP contribution >= 0.6 is 0 Å². The van der Waals surface area contributed by atoms with E-state index in [9.17, 15) is 18.8 Å². The Balaban J connectivity index is 1.65. The first-order chi connectivity index (χ1) is 17.8. The second kappa shape index (κ2) is 13.6. The Morgan fingerprint density at radius 1 is 1.24 bits per heavy atom. The minimum absolute atomic E-state index is 0.0439. The SMILES string of the molecule is CNC[C@H](CC1CCCCC1)NC(=O)N(C)CC[C@@]1(CCCNC(=O)OC)NC(=O)c2ccc(F)cc21. The van der Waals surface area contributed by atoms with Crippen molar-refractivity contribution >= 4 is 18.0 Å². The van der Waals surface area contributed by atoms with Gasteiger partial charge in [-0.25, -0.2) is 14.0 Å². The Hall–Kier alpha value is -2.88. The lowest BCUT2D eigenvalue weighted by molar-refractivity contribution is 0.0915. The molecular formula is C27H42FN5O4. The molecule has 1 fully saturated rings. The molecule has 4 amide bonds. The highest BCUT2D eigenvalue weighted by molar-refractivity contribution is 6.00. The summed E-state index contributed by atoms with van der Waals surface area (Å²) in [5.74, 6) is -0.0414. The molecule has 0 saturated heterocycles. The van der Waals surface area contributed by atoms with Crippen molar-refractivity contribution in [2.45, 2.75) is 69.4 Å². The Morgan fingerprint density at radius 3 is 2.70 bits per heavy atom. The van der Waals surface area contributed by atoms with Gasteiger partial charge in [-0.3, -0.25) is 4.79 Å².